The minimum Gasteiger partial charge on any atom is -0.378 e. The van der Waals surface area contributed by atoms with Gasteiger partial charge in [0, 0.05) is 17.2 Å². The van der Waals surface area contributed by atoms with Crippen molar-refractivity contribution in [2.24, 2.45) is 0 Å². The maximum Gasteiger partial charge on any atom is 0.332 e. The van der Waals surface area contributed by atoms with E-state index in [4.69, 9.17) is 27.4 Å². The van der Waals surface area contributed by atoms with Gasteiger partial charge in [0.25, 0.3) is 5.69 Å². The Bertz CT molecular complexity index is 863. The third-order valence-corrected chi connectivity index (χ3v) is 4.06. The molecular weight excluding hydrogens is 365 g/mol. The number of benzene rings is 2. The van der Waals surface area contributed by atoms with Gasteiger partial charge in [0.05, 0.1) is 15.4 Å². The minimum atomic E-state index is -4.07. The van der Waals surface area contributed by atoms with Gasteiger partial charge in [-0.3, -0.25) is 10.1 Å². The Kier molecular flexibility index (Phi) is 5.25. The molecule has 0 saturated heterocycles. The van der Waals surface area contributed by atoms with Crippen molar-refractivity contribution in [1.29, 1.82) is 0 Å². The van der Waals surface area contributed by atoms with E-state index in [0.717, 1.165) is 23.6 Å². The number of non-ortho nitro benzene ring substituents is 1. The smallest absolute Gasteiger partial charge is 0.332 e. The number of nitrogens with zero attached hydrogens (tertiary/aromatic N) is 1. The maximum absolute atomic E-state index is 11.9. The summed E-state index contributed by atoms with van der Waals surface area (Å²) in [5, 5.41) is 11.8. The summed E-state index contributed by atoms with van der Waals surface area (Å²) in [5.41, 5.74) is 0.341. The van der Waals surface area contributed by atoms with Crippen molar-refractivity contribution in [2.75, 3.05) is 0 Å². The van der Waals surface area contributed by atoms with Crippen molar-refractivity contribution in [3.05, 3.63) is 73.6 Å². The second-order valence-electron chi connectivity index (χ2n) is 4.30. The van der Waals surface area contributed by atoms with E-state index in [-0.39, 0.29) is 16.5 Å². The molecule has 0 radical (unpaired) electrons. The monoisotopic (exact) mass is 373 g/mol. The van der Waals surface area contributed by atoms with E-state index in [0.29, 0.717) is 10.6 Å². The molecule has 0 amide bonds. The Morgan fingerprint density at radius 1 is 1.09 bits per heavy atom. The SMILES string of the molecule is O=[N+]([O-])c1ccc(OS(=O)(=O)/C=C/c2ccc(Cl)cc2)c(Cl)c1. The molecule has 120 valence electrons. The average molecular weight is 374 g/mol. The first-order valence-electron chi connectivity index (χ1n) is 6.09. The van der Waals surface area contributed by atoms with Crippen LogP contribution in [0.1, 0.15) is 5.56 Å². The fourth-order valence-electron chi connectivity index (χ4n) is 1.56. The second kappa shape index (κ2) is 6.99. The zero-order valence-corrected chi connectivity index (χ0v) is 13.7. The summed E-state index contributed by atoms with van der Waals surface area (Å²) in [7, 11) is -4.07. The summed E-state index contributed by atoms with van der Waals surface area (Å²) in [5.74, 6) is -0.196. The zero-order valence-electron chi connectivity index (χ0n) is 11.3. The molecule has 0 atom stereocenters. The van der Waals surface area contributed by atoms with Gasteiger partial charge in [-0.2, -0.15) is 8.42 Å². The molecule has 9 heteroatoms. The van der Waals surface area contributed by atoms with Crippen molar-refractivity contribution in [3.8, 4) is 5.75 Å². The van der Waals surface area contributed by atoms with E-state index in [1.807, 2.05) is 0 Å². The van der Waals surface area contributed by atoms with Crippen LogP contribution in [-0.2, 0) is 10.1 Å². The van der Waals surface area contributed by atoms with E-state index < -0.39 is 15.0 Å². The van der Waals surface area contributed by atoms with Gasteiger partial charge < -0.3 is 4.18 Å². The lowest BCUT2D eigenvalue weighted by atomic mass is 10.2. The van der Waals surface area contributed by atoms with E-state index >= 15 is 0 Å². The van der Waals surface area contributed by atoms with Crippen LogP contribution in [0.5, 0.6) is 5.75 Å². The molecule has 0 heterocycles. The van der Waals surface area contributed by atoms with E-state index in [2.05, 4.69) is 0 Å². The average Bonchev–Trinajstić information content (AvgIpc) is 2.48. The summed E-state index contributed by atoms with van der Waals surface area (Å²) in [6.07, 6.45) is 1.32. The Balaban J connectivity index is 2.18. The quantitative estimate of drug-likeness (QED) is 0.443. The molecule has 0 aromatic heterocycles. The van der Waals surface area contributed by atoms with Crippen LogP contribution < -0.4 is 4.18 Å². The third-order valence-electron chi connectivity index (χ3n) is 2.63. The summed E-state index contributed by atoms with van der Waals surface area (Å²) in [6.45, 7) is 0. The van der Waals surface area contributed by atoms with Gasteiger partial charge >= 0.3 is 10.1 Å². The summed E-state index contributed by atoms with van der Waals surface area (Å²) < 4.78 is 28.6. The normalized spacial score (nSPS) is 11.6. The highest BCUT2D eigenvalue weighted by Gasteiger charge is 2.15. The highest BCUT2D eigenvalue weighted by Crippen LogP contribution is 2.30. The lowest BCUT2D eigenvalue weighted by Gasteiger charge is -2.05. The number of nitro groups is 1. The van der Waals surface area contributed by atoms with Crippen LogP contribution in [0.3, 0.4) is 0 Å². The molecule has 0 N–H and O–H groups in total. The van der Waals surface area contributed by atoms with Gasteiger partial charge in [0.15, 0.2) is 5.75 Å². The van der Waals surface area contributed by atoms with E-state index in [1.165, 1.54) is 6.08 Å². The van der Waals surface area contributed by atoms with Crippen molar-refractivity contribution in [3.63, 3.8) is 0 Å². The fraction of sp³-hybridized carbons (Fsp3) is 0. The molecule has 0 aliphatic heterocycles. The second-order valence-corrected chi connectivity index (χ2v) is 6.57. The molecule has 0 saturated carbocycles. The first kappa shape index (κ1) is 17.3. The van der Waals surface area contributed by atoms with Crippen LogP contribution in [0.2, 0.25) is 10.0 Å². The number of hydrogen-bond acceptors (Lipinski definition) is 5. The first-order chi connectivity index (χ1) is 10.8. The predicted octanol–water partition coefficient (Wildman–Crippen LogP) is 4.28. The molecule has 0 aliphatic carbocycles. The largest absolute Gasteiger partial charge is 0.378 e. The zero-order chi connectivity index (χ0) is 17.0. The van der Waals surface area contributed by atoms with Crippen molar-refractivity contribution in [2.45, 2.75) is 0 Å². The highest BCUT2D eigenvalue weighted by atomic mass is 35.5. The fourth-order valence-corrected chi connectivity index (χ4v) is 2.72. The van der Waals surface area contributed by atoms with Gasteiger partial charge in [-0.1, -0.05) is 35.3 Å². The number of nitro benzene ring substituents is 1. The molecule has 0 bridgehead atoms. The first-order valence-corrected chi connectivity index (χ1v) is 8.32. The molecule has 2 aromatic carbocycles. The molecule has 2 aromatic rings. The molecule has 0 spiro atoms. The van der Waals surface area contributed by atoms with Crippen LogP contribution >= 0.6 is 23.2 Å². The topological polar surface area (TPSA) is 86.5 Å². The minimum absolute atomic E-state index is 0.178. The van der Waals surface area contributed by atoms with Gasteiger partial charge in [0.2, 0.25) is 0 Å². The molecule has 6 nitrogen and oxygen atoms in total. The molecule has 23 heavy (non-hydrogen) atoms. The van der Waals surface area contributed by atoms with Gasteiger partial charge in [0.1, 0.15) is 0 Å². The molecular formula is C14H9Cl2NO5S. The summed E-state index contributed by atoms with van der Waals surface area (Å²) in [4.78, 5) is 9.95. The van der Waals surface area contributed by atoms with Crippen molar-refractivity contribution >= 4 is 45.1 Å². The maximum atomic E-state index is 11.9. The van der Waals surface area contributed by atoms with E-state index in [1.54, 1.807) is 24.3 Å². The molecule has 2 rings (SSSR count). The van der Waals surface area contributed by atoms with Crippen molar-refractivity contribution < 1.29 is 17.5 Å². The number of hydrogen-bond donors (Lipinski definition) is 0. The Labute approximate surface area is 142 Å². The highest BCUT2D eigenvalue weighted by molar-refractivity contribution is 7.90. The molecule has 0 aliphatic rings. The Morgan fingerprint density at radius 2 is 1.74 bits per heavy atom. The summed E-state index contributed by atoms with van der Waals surface area (Å²) in [6, 6.07) is 9.72. The van der Waals surface area contributed by atoms with Crippen LogP contribution in [0, 0.1) is 10.1 Å². The molecule has 0 fully saturated rings. The lowest BCUT2D eigenvalue weighted by Crippen LogP contribution is -2.05. The van der Waals surface area contributed by atoms with Gasteiger partial charge in [-0.15, -0.1) is 0 Å². The Hall–Kier alpha value is -2.09. The Morgan fingerprint density at radius 3 is 2.30 bits per heavy atom. The van der Waals surface area contributed by atoms with Gasteiger partial charge in [-0.05, 0) is 29.8 Å². The number of rotatable bonds is 5. The van der Waals surface area contributed by atoms with Crippen LogP contribution in [0.15, 0.2) is 47.9 Å². The van der Waals surface area contributed by atoms with Crippen LogP contribution in [-0.4, -0.2) is 13.3 Å². The molecule has 0 unspecified atom stereocenters. The van der Waals surface area contributed by atoms with E-state index in [9.17, 15) is 18.5 Å². The predicted molar refractivity (Wildman–Crippen MR) is 88.1 cm³/mol. The third kappa shape index (κ3) is 4.95. The van der Waals surface area contributed by atoms with Crippen molar-refractivity contribution in [1.82, 2.24) is 0 Å². The lowest BCUT2D eigenvalue weighted by molar-refractivity contribution is -0.384. The van der Waals surface area contributed by atoms with Crippen LogP contribution in [0.4, 0.5) is 5.69 Å². The van der Waals surface area contributed by atoms with Crippen LogP contribution in [0.25, 0.3) is 6.08 Å². The standard InChI is InChI=1S/C14H9Cl2NO5S/c15-11-3-1-10(2-4-11)7-8-23(20,21)22-14-6-5-12(17(18)19)9-13(14)16/h1-9H/b8-7+. The van der Waals surface area contributed by atoms with Gasteiger partial charge in [-0.25, -0.2) is 0 Å². The number of halogens is 2. The summed E-state index contributed by atoms with van der Waals surface area (Å²) >= 11 is 11.5.